The molecule has 1 aliphatic rings. The first-order chi connectivity index (χ1) is 7.88. The number of hydrogen-bond donors (Lipinski definition) is 1. The van der Waals surface area contributed by atoms with Crippen LogP contribution >= 0.6 is 11.6 Å². The number of unbranched alkanes of at least 4 members (excludes halogenated alkanes) is 3. The van der Waals surface area contributed by atoms with Gasteiger partial charge in [-0.2, -0.15) is 0 Å². The summed E-state index contributed by atoms with van der Waals surface area (Å²) in [5.74, 6) is 0.795. The molecule has 0 aromatic rings. The van der Waals surface area contributed by atoms with E-state index in [9.17, 15) is 0 Å². The number of hydrogen-bond acceptors (Lipinski definition) is 2. The minimum atomic E-state index is 0.304. The number of rotatable bonds is 9. The van der Waals surface area contributed by atoms with Crippen molar-refractivity contribution in [3.05, 3.63) is 0 Å². The smallest absolute Gasteiger partial charge is 0.0558 e. The van der Waals surface area contributed by atoms with E-state index in [2.05, 4.69) is 4.90 Å². The van der Waals surface area contributed by atoms with Crippen molar-refractivity contribution in [2.75, 3.05) is 25.6 Å². The van der Waals surface area contributed by atoms with Gasteiger partial charge in [0.05, 0.1) is 6.61 Å². The maximum Gasteiger partial charge on any atom is 0.0558 e. The molecule has 1 N–H and O–H groups in total. The fraction of sp³-hybridized carbons (Fsp3) is 1.00. The zero-order valence-electron chi connectivity index (χ0n) is 10.3. The summed E-state index contributed by atoms with van der Waals surface area (Å²) in [7, 11) is 0. The summed E-state index contributed by atoms with van der Waals surface area (Å²) in [6.07, 6.45) is 10.3. The lowest BCUT2D eigenvalue weighted by molar-refractivity contribution is 0.149. The van der Waals surface area contributed by atoms with Gasteiger partial charge in [0.1, 0.15) is 0 Å². The lowest BCUT2D eigenvalue weighted by atomic mass is 10.1. The number of nitrogens with zero attached hydrogens (tertiary/aromatic N) is 1. The Bertz CT molecular complexity index is 160. The first-order valence-electron chi connectivity index (χ1n) is 6.79. The molecule has 0 aromatic heterocycles. The Hall–Kier alpha value is 0.210. The van der Waals surface area contributed by atoms with Crippen molar-refractivity contribution in [2.45, 2.75) is 57.4 Å². The van der Waals surface area contributed by atoms with E-state index in [1.165, 1.54) is 44.9 Å². The van der Waals surface area contributed by atoms with E-state index in [-0.39, 0.29) is 0 Å². The molecule has 0 atom stereocenters. The van der Waals surface area contributed by atoms with E-state index in [4.69, 9.17) is 16.7 Å². The van der Waals surface area contributed by atoms with Gasteiger partial charge in [-0.05, 0) is 32.2 Å². The second kappa shape index (κ2) is 9.26. The van der Waals surface area contributed by atoms with Crippen LogP contribution in [0.15, 0.2) is 0 Å². The molecule has 3 heteroatoms. The molecule has 1 rings (SSSR count). The van der Waals surface area contributed by atoms with Gasteiger partial charge in [0.25, 0.3) is 0 Å². The van der Waals surface area contributed by atoms with Gasteiger partial charge in [0.2, 0.25) is 0 Å². The molecule has 0 bridgehead atoms. The molecule has 0 unspecified atom stereocenters. The van der Waals surface area contributed by atoms with Crippen LogP contribution < -0.4 is 0 Å². The predicted molar refractivity (Wildman–Crippen MR) is 70.1 cm³/mol. The Kier molecular flexibility index (Phi) is 8.26. The van der Waals surface area contributed by atoms with Crippen LogP contribution in [0.4, 0.5) is 0 Å². The molecule has 16 heavy (non-hydrogen) atoms. The lowest BCUT2D eigenvalue weighted by Gasteiger charge is -2.28. The highest BCUT2D eigenvalue weighted by molar-refractivity contribution is 6.17. The molecular weight excluding hydrogens is 222 g/mol. The monoisotopic (exact) mass is 247 g/mol. The molecule has 1 fully saturated rings. The second-order valence-electron chi connectivity index (χ2n) is 4.80. The second-order valence-corrected chi connectivity index (χ2v) is 5.18. The van der Waals surface area contributed by atoms with E-state index < -0.39 is 0 Å². The Morgan fingerprint density at radius 3 is 2.31 bits per heavy atom. The van der Waals surface area contributed by atoms with Crippen molar-refractivity contribution in [1.29, 1.82) is 0 Å². The van der Waals surface area contributed by atoms with E-state index >= 15 is 0 Å². The minimum Gasteiger partial charge on any atom is -0.395 e. The maximum atomic E-state index is 9.08. The highest BCUT2D eigenvalue weighted by Gasteiger charge is 2.21. The van der Waals surface area contributed by atoms with Crippen molar-refractivity contribution in [2.24, 2.45) is 0 Å². The topological polar surface area (TPSA) is 23.5 Å². The number of alkyl halides is 1. The summed E-state index contributed by atoms with van der Waals surface area (Å²) < 4.78 is 0. The van der Waals surface area contributed by atoms with Crippen LogP contribution in [0.25, 0.3) is 0 Å². The van der Waals surface area contributed by atoms with Gasteiger partial charge < -0.3 is 5.11 Å². The third kappa shape index (κ3) is 5.51. The average molecular weight is 248 g/mol. The number of aliphatic hydroxyl groups is 1. The summed E-state index contributed by atoms with van der Waals surface area (Å²) in [6.45, 7) is 2.33. The van der Waals surface area contributed by atoms with Crippen LogP contribution in [0.3, 0.4) is 0 Å². The maximum absolute atomic E-state index is 9.08. The van der Waals surface area contributed by atoms with E-state index in [0.717, 1.165) is 31.4 Å². The molecule has 1 saturated carbocycles. The minimum absolute atomic E-state index is 0.304. The molecule has 0 spiro atoms. The molecule has 0 heterocycles. The van der Waals surface area contributed by atoms with Crippen LogP contribution in [0.5, 0.6) is 0 Å². The Balaban J connectivity index is 2.12. The zero-order chi connectivity index (χ0) is 11.6. The first-order valence-corrected chi connectivity index (χ1v) is 7.33. The highest BCUT2D eigenvalue weighted by Crippen LogP contribution is 2.23. The fourth-order valence-electron chi connectivity index (χ4n) is 2.64. The van der Waals surface area contributed by atoms with E-state index in [0.29, 0.717) is 6.61 Å². The van der Waals surface area contributed by atoms with Gasteiger partial charge in [-0.3, -0.25) is 4.90 Å². The molecule has 96 valence electrons. The Morgan fingerprint density at radius 1 is 1.00 bits per heavy atom. The van der Waals surface area contributed by atoms with E-state index in [1.807, 2.05) is 0 Å². The molecule has 0 amide bonds. The van der Waals surface area contributed by atoms with Crippen LogP contribution in [0.2, 0.25) is 0 Å². The zero-order valence-corrected chi connectivity index (χ0v) is 11.1. The lowest BCUT2D eigenvalue weighted by Crippen LogP contribution is -2.36. The Labute approximate surface area is 105 Å². The third-order valence-corrected chi connectivity index (χ3v) is 3.82. The summed E-state index contributed by atoms with van der Waals surface area (Å²) in [5.41, 5.74) is 0. The van der Waals surface area contributed by atoms with Gasteiger partial charge in [-0.25, -0.2) is 0 Å². The van der Waals surface area contributed by atoms with Gasteiger partial charge in [0, 0.05) is 18.5 Å². The van der Waals surface area contributed by atoms with Crippen LogP contribution in [-0.2, 0) is 0 Å². The van der Waals surface area contributed by atoms with Gasteiger partial charge >= 0.3 is 0 Å². The van der Waals surface area contributed by atoms with Crippen LogP contribution in [0.1, 0.15) is 51.4 Å². The molecular formula is C13H26ClNO. The third-order valence-electron chi connectivity index (χ3n) is 3.56. The summed E-state index contributed by atoms with van der Waals surface area (Å²) >= 11 is 5.65. The SMILES string of the molecule is OCCN(CCCCCCCl)C1CCCC1. The van der Waals surface area contributed by atoms with Gasteiger partial charge in [-0.15, -0.1) is 11.6 Å². The molecule has 0 radical (unpaired) electrons. The highest BCUT2D eigenvalue weighted by atomic mass is 35.5. The molecule has 2 nitrogen and oxygen atoms in total. The summed E-state index contributed by atoms with van der Waals surface area (Å²) in [5, 5.41) is 9.08. The predicted octanol–water partition coefficient (Wildman–Crippen LogP) is 3.02. The van der Waals surface area contributed by atoms with Crippen molar-refractivity contribution < 1.29 is 5.11 Å². The molecule has 0 saturated heterocycles. The van der Waals surface area contributed by atoms with E-state index in [1.54, 1.807) is 0 Å². The molecule has 0 aliphatic heterocycles. The first kappa shape index (κ1) is 14.3. The summed E-state index contributed by atoms with van der Waals surface area (Å²) in [6, 6.07) is 0.750. The molecule has 0 aromatic carbocycles. The largest absolute Gasteiger partial charge is 0.395 e. The fourth-order valence-corrected chi connectivity index (χ4v) is 2.83. The quantitative estimate of drug-likeness (QED) is 0.500. The van der Waals surface area contributed by atoms with Gasteiger partial charge in [-0.1, -0.05) is 25.7 Å². The Morgan fingerprint density at radius 2 is 1.69 bits per heavy atom. The number of aliphatic hydroxyl groups excluding tert-OH is 1. The van der Waals surface area contributed by atoms with Crippen molar-refractivity contribution in [3.8, 4) is 0 Å². The van der Waals surface area contributed by atoms with Crippen molar-refractivity contribution >= 4 is 11.6 Å². The van der Waals surface area contributed by atoms with Gasteiger partial charge in [0.15, 0.2) is 0 Å². The van der Waals surface area contributed by atoms with Crippen molar-refractivity contribution in [3.63, 3.8) is 0 Å². The molecule has 1 aliphatic carbocycles. The van der Waals surface area contributed by atoms with Crippen LogP contribution in [0, 0.1) is 0 Å². The average Bonchev–Trinajstić information content (AvgIpc) is 2.81. The van der Waals surface area contributed by atoms with Crippen molar-refractivity contribution in [1.82, 2.24) is 4.90 Å². The number of halogens is 1. The standard InChI is InChI=1S/C13H26ClNO/c14-9-5-1-2-6-10-15(11-12-16)13-7-3-4-8-13/h13,16H,1-12H2. The van der Waals surface area contributed by atoms with Crippen LogP contribution in [-0.4, -0.2) is 41.6 Å². The summed E-state index contributed by atoms with van der Waals surface area (Å²) in [4.78, 5) is 2.49. The normalized spacial score (nSPS) is 17.4.